The van der Waals surface area contributed by atoms with E-state index in [1.54, 1.807) is 36.2 Å². The Morgan fingerprint density at radius 2 is 1.78 bits per heavy atom. The lowest BCUT2D eigenvalue weighted by atomic mass is 10.2. The molecule has 0 aromatic heterocycles. The summed E-state index contributed by atoms with van der Waals surface area (Å²) in [5, 5.41) is 5.86. The summed E-state index contributed by atoms with van der Waals surface area (Å²) in [5.74, 6) is -0.183. The van der Waals surface area contributed by atoms with Crippen LogP contribution in [0.5, 0.6) is 0 Å². The van der Waals surface area contributed by atoms with Gasteiger partial charge in [-0.1, -0.05) is 22.0 Å². The molecule has 0 heterocycles. The third-order valence-corrected chi connectivity index (χ3v) is 3.78. The molecule has 0 aliphatic rings. The van der Waals surface area contributed by atoms with Crippen LogP contribution in [0.15, 0.2) is 53.0 Å². The maximum atomic E-state index is 11.9. The molecule has 0 saturated heterocycles. The molecule has 0 saturated carbocycles. The average molecular weight is 376 g/mol. The van der Waals surface area contributed by atoms with Gasteiger partial charge in [-0.2, -0.15) is 0 Å². The molecule has 0 aliphatic heterocycles. The van der Waals surface area contributed by atoms with Crippen molar-refractivity contribution in [3.8, 4) is 0 Å². The lowest BCUT2D eigenvalue weighted by Crippen LogP contribution is -2.23. The van der Waals surface area contributed by atoms with Crippen molar-refractivity contribution < 1.29 is 9.59 Å². The van der Waals surface area contributed by atoms with Gasteiger partial charge in [-0.25, -0.2) is 0 Å². The molecule has 2 aromatic rings. The summed E-state index contributed by atoms with van der Waals surface area (Å²) >= 11 is 3.38. The van der Waals surface area contributed by atoms with Gasteiger partial charge in [-0.15, -0.1) is 0 Å². The van der Waals surface area contributed by atoms with Gasteiger partial charge in [0.2, 0.25) is 11.8 Å². The van der Waals surface area contributed by atoms with Gasteiger partial charge >= 0.3 is 0 Å². The Bertz CT molecular complexity index is 701. The fourth-order valence-corrected chi connectivity index (χ4v) is 2.34. The number of rotatable bonds is 5. The second-order valence-corrected chi connectivity index (χ2v) is 5.95. The number of nitrogens with one attached hydrogen (secondary N) is 2. The fraction of sp³-hybridized carbons (Fsp3) is 0.176. The number of nitrogens with zero attached hydrogens (tertiary/aromatic N) is 1. The van der Waals surface area contributed by atoms with Crippen molar-refractivity contribution in [1.29, 1.82) is 0 Å². The minimum atomic E-state index is -0.141. The summed E-state index contributed by atoms with van der Waals surface area (Å²) in [6.07, 6.45) is 0. The van der Waals surface area contributed by atoms with Crippen LogP contribution in [0.1, 0.15) is 6.92 Å². The van der Waals surface area contributed by atoms with Gasteiger partial charge in [0.05, 0.1) is 6.54 Å². The summed E-state index contributed by atoms with van der Waals surface area (Å²) in [6.45, 7) is 1.68. The lowest BCUT2D eigenvalue weighted by molar-refractivity contribution is -0.116. The van der Waals surface area contributed by atoms with Crippen molar-refractivity contribution in [2.75, 3.05) is 29.1 Å². The molecule has 2 aromatic carbocycles. The third kappa shape index (κ3) is 5.10. The first-order valence-corrected chi connectivity index (χ1v) is 7.88. The zero-order chi connectivity index (χ0) is 16.8. The van der Waals surface area contributed by atoms with Gasteiger partial charge in [-0.3, -0.25) is 9.59 Å². The van der Waals surface area contributed by atoms with Crippen LogP contribution in [0.2, 0.25) is 0 Å². The van der Waals surface area contributed by atoms with Gasteiger partial charge in [0, 0.05) is 35.5 Å². The first-order chi connectivity index (χ1) is 11.0. The van der Waals surface area contributed by atoms with Gasteiger partial charge in [0.15, 0.2) is 0 Å². The Morgan fingerprint density at radius 3 is 2.39 bits per heavy atom. The molecule has 2 amide bonds. The molecule has 2 N–H and O–H groups in total. The second-order valence-electron chi connectivity index (χ2n) is 5.04. The Balaban J connectivity index is 1.89. The molecule has 0 radical (unpaired) electrons. The predicted octanol–water partition coefficient (Wildman–Crippen LogP) is 3.48. The number of anilines is 3. The number of carbonyl (C=O) groups is 2. The monoisotopic (exact) mass is 375 g/mol. The smallest absolute Gasteiger partial charge is 0.243 e. The lowest BCUT2D eigenvalue weighted by Gasteiger charge is -2.15. The van der Waals surface area contributed by atoms with E-state index in [0.717, 1.165) is 15.8 Å². The van der Waals surface area contributed by atoms with E-state index in [-0.39, 0.29) is 18.4 Å². The van der Waals surface area contributed by atoms with E-state index in [1.165, 1.54) is 6.92 Å². The first kappa shape index (κ1) is 17.0. The van der Waals surface area contributed by atoms with Crippen LogP contribution in [0, 0.1) is 0 Å². The molecule has 2 rings (SSSR count). The van der Waals surface area contributed by atoms with Gasteiger partial charge < -0.3 is 15.5 Å². The molecule has 120 valence electrons. The summed E-state index contributed by atoms with van der Waals surface area (Å²) in [7, 11) is 1.71. The minimum absolute atomic E-state index is 0.0417. The first-order valence-electron chi connectivity index (χ1n) is 7.09. The standard InChI is InChI=1S/C17H18BrN3O2/c1-12(22)21(2)16-8-6-14(7-9-16)20-17(23)11-19-15-5-3-4-13(18)10-15/h3-10,19H,11H2,1-2H3,(H,20,23). The van der Waals surface area contributed by atoms with Crippen molar-refractivity contribution in [3.05, 3.63) is 53.0 Å². The van der Waals surface area contributed by atoms with Gasteiger partial charge in [0.1, 0.15) is 0 Å². The molecule has 0 aliphatic carbocycles. The molecule has 0 unspecified atom stereocenters. The fourth-order valence-electron chi connectivity index (χ4n) is 1.94. The minimum Gasteiger partial charge on any atom is -0.376 e. The van der Waals surface area contributed by atoms with Crippen molar-refractivity contribution >= 4 is 44.8 Å². The highest BCUT2D eigenvalue weighted by atomic mass is 79.9. The van der Waals surface area contributed by atoms with Gasteiger partial charge in [0.25, 0.3) is 0 Å². The number of benzene rings is 2. The molecule has 0 atom stereocenters. The van der Waals surface area contributed by atoms with Crippen LogP contribution in [-0.4, -0.2) is 25.4 Å². The second kappa shape index (κ2) is 7.78. The van der Waals surface area contributed by atoms with Crippen molar-refractivity contribution in [2.24, 2.45) is 0 Å². The molecular weight excluding hydrogens is 358 g/mol. The summed E-state index contributed by atoms with van der Waals surface area (Å²) in [6, 6.07) is 14.7. The van der Waals surface area contributed by atoms with Crippen LogP contribution in [0.25, 0.3) is 0 Å². The van der Waals surface area contributed by atoms with Crippen molar-refractivity contribution in [1.82, 2.24) is 0 Å². The molecule has 0 spiro atoms. The zero-order valence-corrected chi connectivity index (χ0v) is 14.6. The molecule has 0 fully saturated rings. The molecule has 23 heavy (non-hydrogen) atoms. The average Bonchev–Trinajstić information content (AvgIpc) is 2.53. The number of carbonyl (C=O) groups excluding carboxylic acids is 2. The largest absolute Gasteiger partial charge is 0.376 e. The number of hydrogen-bond donors (Lipinski definition) is 2. The SMILES string of the molecule is CC(=O)N(C)c1ccc(NC(=O)CNc2cccc(Br)c2)cc1. The van der Waals surface area contributed by atoms with E-state index < -0.39 is 0 Å². The molecule has 6 heteroatoms. The van der Waals surface area contributed by atoms with Crippen LogP contribution in [0.4, 0.5) is 17.1 Å². The zero-order valence-electron chi connectivity index (χ0n) is 13.0. The Morgan fingerprint density at radius 1 is 1.09 bits per heavy atom. The molecular formula is C17H18BrN3O2. The summed E-state index contributed by atoms with van der Waals surface area (Å²) in [5.41, 5.74) is 2.34. The Kier molecular flexibility index (Phi) is 5.76. The van der Waals surface area contributed by atoms with Crippen LogP contribution in [-0.2, 0) is 9.59 Å². The van der Waals surface area contributed by atoms with E-state index in [4.69, 9.17) is 0 Å². The maximum Gasteiger partial charge on any atom is 0.243 e. The van der Waals surface area contributed by atoms with E-state index in [9.17, 15) is 9.59 Å². The normalized spacial score (nSPS) is 10.0. The predicted molar refractivity (Wildman–Crippen MR) is 96.8 cm³/mol. The van der Waals surface area contributed by atoms with Crippen LogP contribution < -0.4 is 15.5 Å². The number of hydrogen-bond acceptors (Lipinski definition) is 3. The third-order valence-electron chi connectivity index (χ3n) is 3.29. The Hall–Kier alpha value is -2.34. The Labute approximate surface area is 143 Å². The summed E-state index contributed by atoms with van der Waals surface area (Å²) in [4.78, 5) is 24.8. The molecule has 5 nitrogen and oxygen atoms in total. The van der Waals surface area contributed by atoms with E-state index in [2.05, 4.69) is 26.6 Å². The highest BCUT2D eigenvalue weighted by Crippen LogP contribution is 2.17. The highest BCUT2D eigenvalue weighted by molar-refractivity contribution is 9.10. The molecule has 0 bridgehead atoms. The van der Waals surface area contributed by atoms with E-state index in [0.29, 0.717) is 5.69 Å². The van der Waals surface area contributed by atoms with Crippen LogP contribution >= 0.6 is 15.9 Å². The number of amides is 2. The maximum absolute atomic E-state index is 11.9. The van der Waals surface area contributed by atoms with Crippen molar-refractivity contribution in [3.63, 3.8) is 0 Å². The van der Waals surface area contributed by atoms with Crippen molar-refractivity contribution in [2.45, 2.75) is 6.92 Å². The van der Waals surface area contributed by atoms with E-state index >= 15 is 0 Å². The quantitative estimate of drug-likeness (QED) is 0.840. The summed E-state index contributed by atoms with van der Waals surface area (Å²) < 4.78 is 0.952. The van der Waals surface area contributed by atoms with E-state index in [1.807, 2.05) is 24.3 Å². The highest BCUT2D eigenvalue weighted by Gasteiger charge is 2.06. The number of halogens is 1. The van der Waals surface area contributed by atoms with Gasteiger partial charge in [-0.05, 0) is 42.5 Å². The topological polar surface area (TPSA) is 61.4 Å². The van der Waals surface area contributed by atoms with Crippen LogP contribution in [0.3, 0.4) is 0 Å².